The Morgan fingerprint density at radius 3 is 3.20 bits per heavy atom. The van der Waals surface area contributed by atoms with Crippen LogP contribution in [0.4, 0.5) is 0 Å². The number of rotatable bonds is 3. The minimum Gasteiger partial charge on any atom is -0.295 e. The lowest BCUT2D eigenvalue weighted by Gasteiger charge is -1.85. The van der Waals surface area contributed by atoms with Crippen molar-refractivity contribution in [3.8, 4) is 0 Å². The highest BCUT2D eigenvalue weighted by Gasteiger charge is 1.97. The van der Waals surface area contributed by atoms with Gasteiger partial charge < -0.3 is 0 Å². The predicted octanol–water partition coefficient (Wildman–Crippen LogP) is 1.82. The van der Waals surface area contributed by atoms with Gasteiger partial charge in [0.25, 0.3) is 0 Å². The standard InChI is InChI=1S/C6H7NOS2/c1-9-4-5-2-7-6(3-8)10-5/h2-3H,4H2,1H3. The number of carbonyl (C=O) groups is 1. The van der Waals surface area contributed by atoms with Crippen LogP contribution in [-0.2, 0) is 5.75 Å². The molecule has 4 heteroatoms. The Labute approximate surface area is 67.7 Å². The van der Waals surface area contributed by atoms with Crippen LogP contribution < -0.4 is 0 Å². The molecule has 0 radical (unpaired) electrons. The number of aldehydes is 1. The smallest absolute Gasteiger partial charge is 0.178 e. The number of hydrogen-bond acceptors (Lipinski definition) is 4. The molecule has 0 saturated carbocycles. The number of hydrogen-bond donors (Lipinski definition) is 0. The number of aromatic nitrogens is 1. The largest absolute Gasteiger partial charge is 0.295 e. The minimum atomic E-state index is 0.573. The lowest BCUT2D eigenvalue weighted by atomic mass is 10.6. The first-order chi connectivity index (χ1) is 4.86. The maximum absolute atomic E-state index is 10.2. The molecule has 0 fully saturated rings. The van der Waals surface area contributed by atoms with E-state index in [0.717, 1.165) is 16.9 Å². The fourth-order valence-corrected chi connectivity index (χ4v) is 2.06. The maximum atomic E-state index is 10.2. The molecule has 0 unspecified atom stereocenters. The molecule has 0 amide bonds. The second-order valence-corrected chi connectivity index (χ2v) is 3.73. The van der Waals surface area contributed by atoms with E-state index in [1.165, 1.54) is 11.3 Å². The summed E-state index contributed by atoms with van der Waals surface area (Å²) >= 11 is 3.19. The van der Waals surface area contributed by atoms with Crippen LogP contribution in [0.3, 0.4) is 0 Å². The van der Waals surface area contributed by atoms with Crippen molar-refractivity contribution in [2.24, 2.45) is 0 Å². The Balaban J connectivity index is 2.68. The third-order valence-electron chi connectivity index (χ3n) is 0.959. The Hall–Kier alpha value is -0.350. The predicted molar refractivity (Wildman–Crippen MR) is 44.7 cm³/mol. The van der Waals surface area contributed by atoms with E-state index in [2.05, 4.69) is 4.98 Å². The molecule has 1 rings (SSSR count). The summed E-state index contributed by atoms with van der Waals surface area (Å²) in [5, 5.41) is 0.573. The highest BCUT2D eigenvalue weighted by atomic mass is 32.2. The second-order valence-electron chi connectivity index (χ2n) is 1.72. The normalized spacial score (nSPS) is 9.70. The molecule has 10 heavy (non-hydrogen) atoms. The molecule has 0 bridgehead atoms. The van der Waals surface area contributed by atoms with Gasteiger partial charge in [0.05, 0.1) is 0 Å². The van der Waals surface area contributed by atoms with E-state index in [9.17, 15) is 4.79 Å². The lowest BCUT2D eigenvalue weighted by molar-refractivity contribution is 0.112. The van der Waals surface area contributed by atoms with Gasteiger partial charge in [0.2, 0.25) is 0 Å². The zero-order valence-electron chi connectivity index (χ0n) is 5.53. The molecular formula is C6H7NOS2. The van der Waals surface area contributed by atoms with E-state index in [1.54, 1.807) is 18.0 Å². The first-order valence-electron chi connectivity index (χ1n) is 2.75. The van der Waals surface area contributed by atoms with Gasteiger partial charge in [-0.3, -0.25) is 4.79 Å². The van der Waals surface area contributed by atoms with Crippen molar-refractivity contribution in [3.63, 3.8) is 0 Å². The van der Waals surface area contributed by atoms with E-state index in [-0.39, 0.29) is 0 Å². The SMILES string of the molecule is CSCc1cnc(C=O)s1. The molecule has 0 atom stereocenters. The van der Waals surface area contributed by atoms with Gasteiger partial charge in [-0.05, 0) is 6.26 Å². The monoisotopic (exact) mass is 173 g/mol. The van der Waals surface area contributed by atoms with Crippen LogP contribution in [0.25, 0.3) is 0 Å². The van der Waals surface area contributed by atoms with E-state index >= 15 is 0 Å². The van der Waals surface area contributed by atoms with Crippen LogP contribution in [-0.4, -0.2) is 17.5 Å². The van der Waals surface area contributed by atoms with Crippen molar-refractivity contribution in [2.75, 3.05) is 6.26 Å². The fraction of sp³-hybridized carbons (Fsp3) is 0.333. The zero-order valence-corrected chi connectivity index (χ0v) is 7.17. The minimum absolute atomic E-state index is 0.573. The maximum Gasteiger partial charge on any atom is 0.178 e. The molecule has 1 heterocycles. The van der Waals surface area contributed by atoms with Crippen molar-refractivity contribution in [1.82, 2.24) is 4.98 Å². The van der Waals surface area contributed by atoms with Crippen molar-refractivity contribution in [3.05, 3.63) is 16.1 Å². The zero-order chi connectivity index (χ0) is 7.40. The number of thioether (sulfide) groups is 1. The molecule has 0 aromatic carbocycles. The van der Waals surface area contributed by atoms with Crippen LogP contribution in [0.15, 0.2) is 6.20 Å². The first-order valence-corrected chi connectivity index (χ1v) is 4.96. The van der Waals surface area contributed by atoms with Gasteiger partial charge in [0, 0.05) is 16.8 Å². The highest BCUT2D eigenvalue weighted by molar-refractivity contribution is 7.97. The van der Waals surface area contributed by atoms with Gasteiger partial charge in [-0.1, -0.05) is 0 Å². The summed E-state index contributed by atoms with van der Waals surface area (Å²) in [6.45, 7) is 0. The molecule has 1 aromatic heterocycles. The third kappa shape index (κ3) is 1.82. The summed E-state index contributed by atoms with van der Waals surface area (Å²) in [4.78, 5) is 15.2. The molecule has 2 nitrogen and oxygen atoms in total. The van der Waals surface area contributed by atoms with Crippen LogP contribution >= 0.6 is 23.1 Å². The molecule has 54 valence electrons. The third-order valence-corrected chi connectivity index (χ3v) is 2.66. The van der Waals surface area contributed by atoms with Gasteiger partial charge >= 0.3 is 0 Å². The molecule has 1 aromatic rings. The molecule has 0 aliphatic rings. The number of nitrogens with zero attached hydrogens (tertiary/aromatic N) is 1. The molecular weight excluding hydrogens is 166 g/mol. The fourth-order valence-electron chi connectivity index (χ4n) is 0.586. The van der Waals surface area contributed by atoms with Gasteiger partial charge in [-0.15, -0.1) is 11.3 Å². The van der Waals surface area contributed by atoms with Gasteiger partial charge in [-0.2, -0.15) is 11.8 Å². The topological polar surface area (TPSA) is 30.0 Å². The lowest BCUT2D eigenvalue weighted by Crippen LogP contribution is -1.69. The van der Waals surface area contributed by atoms with Crippen LogP contribution in [0, 0.1) is 0 Å². The molecule has 0 aliphatic heterocycles. The quantitative estimate of drug-likeness (QED) is 0.653. The average Bonchev–Trinajstić information content (AvgIpc) is 2.37. The summed E-state index contributed by atoms with van der Waals surface area (Å²) in [5.41, 5.74) is 0. The molecule has 0 saturated heterocycles. The Bertz CT molecular complexity index is 221. The van der Waals surface area contributed by atoms with Gasteiger partial charge in [0.15, 0.2) is 11.3 Å². The van der Waals surface area contributed by atoms with Gasteiger partial charge in [-0.25, -0.2) is 4.98 Å². The average molecular weight is 173 g/mol. The highest BCUT2D eigenvalue weighted by Crippen LogP contribution is 2.15. The second kappa shape index (κ2) is 3.73. The van der Waals surface area contributed by atoms with E-state index in [4.69, 9.17) is 0 Å². The summed E-state index contributed by atoms with van der Waals surface area (Å²) in [6, 6.07) is 0. The number of thiazole rings is 1. The summed E-state index contributed by atoms with van der Waals surface area (Å²) < 4.78 is 0. The van der Waals surface area contributed by atoms with Crippen molar-refractivity contribution < 1.29 is 4.79 Å². The van der Waals surface area contributed by atoms with Crippen molar-refractivity contribution in [1.29, 1.82) is 0 Å². The molecule has 0 spiro atoms. The van der Waals surface area contributed by atoms with Crippen LogP contribution in [0.1, 0.15) is 14.7 Å². The van der Waals surface area contributed by atoms with Crippen molar-refractivity contribution >= 4 is 29.4 Å². The first kappa shape index (κ1) is 7.75. The van der Waals surface area contributed by atoms with Crippen LogP contribution in [0.5, 0.6) is 0 Å². The van der Waals surface area contributed by atoms with Gasteiger partial charge in [0.1, 0.15) is 0 Å². The Kier molecular flexibility index (Phi) is 2.89. The Morgan fingerprint density at radius 1 is 1.90 bits per heavy atom. The van der Waals surface area contributed by atoms with E-state index in [1.807, 2.05) is 6.26 Å². The van der Waals surface area contributed by atoms with Crippen LogP contribution in [0.2, 0.25) is 0 Å². The van der Waals surface area contributed by atoms with E-state index in [0.29, 0.717) is 5.01 Å². The molecule has 0 aliphatic carbocycles. The Morgan fingerprint density at radius 2 is 2.70 bits per heavy atom. The summed E-state index contributed by atoms with van der Waals surface area (Å²) in [5.74, 6) is 0.950. The number of carbonyl (C=O) groups excluding carboxylic acids is 1. The molecule has 0 N–H and O–H groups in total. The van der Waals surface area contributed by atoms with Crippen molar-refractivity contribution in [2.45, 2.75) is 5.75 Å². The summed E-state index contributed by atoms with van der Waals surface area (Å²) in [6.07, 6.45) is 4.57. The van der Waals surface area contributed by atoms with E-state index < -0.39 is 0 Å². The summed E-state index contributed by atoms with van der Waals surface area (Å²) in [7, 11) is 0.